The van der Waals surface area contributed by atoms with Crippen LogP contribution in [0, 0.1) is 5.92 Å². The van der Waals surface area contributed by atoms with Gasteiger partial charge in [-0.3, -0.25) is 4.68 Å². The van der Waals surface area contributed by atoms with Crippen molar-refractivity contribution in [2.45, 2.75) is 20.4 Å². The highest BCUT2D eigenvalue weighted by atomic mass is 35.5. The van der Waals surface area contributed by atoms with Crippen LogP contribution in [0.5, 0.6) is 0 Å². The molecular weight excluding hydrogens is 162 g/mol. The largest absolute Gasteiger partial charge is 0.395 e. The van der Waals surface area contributed by atoms with Crippen LogP contribution < -0.4 is 5.73 Å². The minimum atomic E-state index is 0.534. The first-order chi connectivity index (χ1) is 5.11. The smallest absolute Gasteiger partial charge is 0.150 e. The average Bonchev–Trinajstić information content (AvgIpc) is 2.18. The molecule has 0 amide bonds. The first-order valence-electron chi connectivity index (χ1n) is 3.58. The number of aromatic nitrogens is 2. The van der Waals surface area contributed by atoms with E-state index in [0.717, 1.165) is 6.54 Å². The van der Waals surface area contributed by atoms with E-state index in [-0.39, 0.29) is 0 Å². The topological polar surface area (TPSA) is 43.8 Å². The van der Waals surface area contributed by atoms with Crippen LogP contribution in [0.2, 0.25) is 5.15 Å². The van der Waals surface area contributed by atoms with Crippen molar-refractivity contribution in [1.82, 2.24) is 9.78 Å². The zero-order valence-electron chi connectivity index (χ0n) is 6.71. The van der Waals surface area contributed by atoms with Crippen LogP contribution in [0.1, 0.15) is 13.8 Å². The second-order valence-corrected chi connectivity index (χ2v) is 3.32. The molecular formula is C7H12ClN3. The van der Waals surface area contributed by atoms with Gasteiger partial charge >= 0.3 is 0 Å². The molecule has 0 atom stereocenters. The molecule has 0 saturated carbocycles. The third-order valence-corrected chi connectivity index (χ3v) is 1.75. The van der Waals surface area contributed by atoms with Crippen molar-refractivity contribution >= 4 is 17.3 Å². The van der Waals surface area contributed by atoms with E-state index >= 15 is 0 Å². The quantitative estimate of drug-likeness (QED) is 0.741. The van der Waals surface area contributed by atoms with Gasteiger partial charge in [-0.2, -0.15) is 5.10 Å². The Labute approximate surface area is 71.1 Å². The van der Waals surface area contributed by atoms with Gasteiger partial charge in [-0.1, -0.05) is 25.4 Å². The second-order valence-electron chi connectivity index (χ2n) is 2.97. The fourth-order valence-corrected chi connectivity index (χ4v) is 1.02. The summed E-state index contributed by atoms with van der Waals surface area (Å²) in [5, 5.41) is 4.56. The predicted molar refractivity (Wildman–Crippen MR) is 46.5 cm³/mol. The van der Waals surface area contributed by atoms with E-state index in [2.05, 4.69) is 18.9 Å². The highest BCUT2D eigenvalue weighted by Gasteiger charge is 2.05. The second kappa shape index (κ2) is 3.13. The normalized spacial score (nSPS) is 10.9. The van der Waals surface area contributed by atoms with Crippen LogP contribution in [0.15, 0.2) is 6.20 Å². The van der Waals surface area contributed by atoms with Crippen LogP contribution >= 0.6 is 11.6 Å². The number of hydrogen-bond acceptors (Lipinski definition) is 2. The van der Waals surface area contributed by atoms with E-state index in [9.17, 15) is 0 Å². The molecule has 1 aromatic heterocycles. The number of hydrogen-bond donors (Lipinski definition) is 1. The van der Waals surface area contributed by atoms with Crippen LogP contribution in [0.4, 0.5) is 5.69 Å². The lowest BCUT2D eigenvalue weighted by molar-refractivity contribution is 0.484. The minimum absolute atomic E-state index is 0.534. The number of nitrogen functional groups attached to an aromatic ring is 1. The van der Waals surface area contributed by atoms with Gasteiger partial charge in [0.1, 0.15) is 5.15 Å². The molecule has 0 spiro atoms. The first-order valence-corrected chi connectivity index (χ1v) is 3.96. The van der Waals surface area contributed by atoms with Gasteiger partial charge < -0.3 is 5.73 Å². The monoisotopic (exact) mass is 173 g/mol. The molecule has 0 fully saturated rings. The molecule has 11 heavy (non-hydrogen) atoms. The van der Waals surface area contributed by atoms with Gasteiger partial charge in [-0.25, -0.2) is 0 Å². The summed E-state index contributed by atoms with van der Waals surface area (Å²) in [5.41, 5.74) is 6.05. The number of halogens is 1. The van der Waals surface area contributed by atoms with E-state index in [4.69, 9.17) is 17.3 Å². The third-order valence-electron chi connectivity index (χ3n) is 1.34. The third kappa shape index (κ3) is 1.87. The summed E-state index contributed by atoms with van der Waals surface area (Å²) in [7, 11) is 0. The molecule has 4 heteroatoms. The molecule has 1 aromatic rings. The lowest BCUT2D eigenvalue weighted by atomic mass is 10.2. The number of rotatable bonds is 2. The maximum Gasteiger partial charge on any atom is 0.150 e. The molecule has 0 aliphatic carbocycles. The summed E-state index contributed by atoms with van der Waals surface area (Å²) >= 11 is 5.83. The van der Waals surface area contributed by atoms with Crippen molar-refractivity contribution in [2.24, 2.45) is 5.92 Å². The Hall–Kier alpha value is -0.700. The molecule has 0 bridgehead atoms. The van der Waals surface area contributed by atoms with E-state index in [0.29, 0.717) is 16.8 Å². The summed E-state index contributed by atoms with van der Waals surface area (Å²) in [6.45, 7) is 5.03. The summed E-state index contributed by atoms with van der Waals surface area (Å²) < 4.78 is 1.71. The van der Waals surface area contributed by atoms with Gasteiger partial charge in [0.25, 0.3) is 0 Å². The summed E-state index contributed by atoms with van der Waals surface area (Å²) in [6, 6.07) is 0. The van der Waals surface area contributed by atoms with Crippen LogP contribution in [0.25, 0.3) is 0 Å². The van der Waals surface area contributed by atoms with Crippen molar-refractivity contribution in [1.29, 1.82) is 0 Å². The van der Waals surface area contributed by atoms with E-state index in [1.165, 1.54) is 0 Å². The maximum atomic E-state index is 5.83. The Morgan fingerprint density at radius 1 is 1.73 bits per heavy atom. The Morgan fingerprint density at radius 3 is 2.73 bits per heavy atom. The Morgan fingerprint density at radius 2 is 2.36 bits per heavy atom. The van der Waals surface area contributed by atoms with E-state index < -0.39 is 0 Å². The lowest BCUT2D eigenvalue weighted by Crippen LogP contribution is -2.05. The summed E-state index contributed by atoms with van der Waals surface area (Å²) in [6.07, 6.45) is 1.57. The summed E-state index contributed by atoms with van der Waals surface area (Å²) in [5.74, 6) is 0.534. The Kier molecular flexibility index (Phi) is 2.39. The molecule has 0 unspecified atom stereocenters. The number of nitrogens with two attached hydrogens (primary N) is 1. The van der Waals surface area contributed by atoms with E-state index in [1.807, 2.05) is 0 Å². The summed E-state index contributed by atoms with van der Waals surface area (Å²) in [4.78, 5) is 0. The van der Waals surface area contributed by atoms with Crippen LogP contribution in [-0.4, -0.2) is 9.78 Å². The SMILES string of the molecule is CC(C)Cn1ncc(N)c1Cl. The van der Waals surface area contributed by atoms with Crippen molar-refractivity contribution < 1.29 is 0 Å². The van der Waals surface area contributed by atoms with Gasteiger partial charge in [0, 0.05) is 6.54 Å². The molecule has 0 aliphatic heterocycles. The van der Waals surface area contributed by atoms with Crippen LogP contribution in [0.3, 0.4) is 0 Å². The van der Waals surface area contributed by atoms with Crippen molar-refractivity contribution in [3.8, 4) is 0 Å². The minimum Gasteiger partial charge on any atom is -0.395 e. The molecule has 0 radical (unpaired) electrons. The van der Waals surface area contributed by atoms with E-state index in [1.54, 1.807) is 10.9 Å². The first kappa shape index (κ1) is 8.40. The lowest BCUT2D eigenvalue weighted by Gasteiger charge is -2.05. The fourth-order valence-electron chi connectivity index (χ4n) is 0.858. The number of anilines is 1. The van der Waals surface area contributed by atoms with Gasteiger partial charge in [-0.15, -0.1) is 0 Å². The molecule has 62 valence electrons. The fraction of sp³-hybridized carbons (Fsp3) is 0.571. The molecule has 0 aromatic carbocycles. The zero-order chi connectivity index (χ0) is 8.43. The Bertz CT molecular complexity index is 242. The van der Waals surface area contributed by atoms with Crippen LogP contribution in [-0.2, 0) is 6.54 Å². The van der Waals surface area contributed by atoms with Crippen molar-refractivity contribution in [2.75, 3.05) is 5.73 Å². The van der Waals surface area contributed by atoms with Gasteiger partial charge in [0.05, 0.1) is 11.9 Å². The molecule has 2 N–H and O–H groups in total. The molecule has 3 nitrogen and oxygen atoms in total. The average molecular weight is 174 g/mol. The van der Waals surface area contributed by atoms with Gasteiger partial charge in [0.2, 0.25) is 0 Å². The molecule has 1 heterocycles. The van der Waals surface area contributed by atoms with Gasteiger partial charge in [0.15, 0.2) is 0 Å². The highest BCUT2D eigenvalue weighted by molar-refractivity contribution is 6.31. The van der Waals surface area contributed by atoms with Crippen molar-refractivity contribution in [3.05, 3.63) is 11.3 Å². The standard InChI is InChI=1S/C7H12ClN3/c1-5(2)4-11-7(8)6(9)3-10-11/h3,5H,4,9H2,1-2H3. The molecule has 0 aliphatic rings. The highest BCUT2D eigenvalue weighted by Crippen LogP contribution is 2.17. The number of nitrogens with zero attached hydrogens (tertiary/aromatic N) is 2. The molecule has 0 saturated heterocycles. The Balaban J connectivity index is 2.79. The maximum absolute atomic E-state index is 5.83. The predicted octanol–water partition coefficient (Wildman–Crippen LogP) is 1.77. The van der Waals surface area contributed by atoms with Gasteiger partial charge in [-0.05, 0) is 5.92 Å². The molecule has 1 rings (SSSR count). The van der Waals surface area contributed by atoms with Crippen molar-refractivity contribution in [3.63, 3.8) is 0 Å². The zero-order valence-corrected chi connectivity index (χ0v) is 7.47.